The van der Waals surface area contributed by atoms with Crippen molar-refractivity contribution in [1.82, 2.24) is 0 Å². The van der Waals surface area contributed by atoms with E-state index in [9.17, 15) is 0 Å². The topological polar surface area (TPSA) is 0 Å². The van der Waals surface area contributed by atoms with Crippen molar-refractivity contribution >= 4 is 29.0 Å². The summed E-state index contributed by atoms with van der Waals surface area (Å²) in [5.41, 5.74) is 8.49. The van der Waals surface area contributed by atoms with E-state index < -0.39 is 0 Å². The summed E-state index contributed by atoms with van der Waals surface area (Å²) in [6.07, 6.45) is 6.72. The first kappa shape index (κ1) is 27.2. The maximum absolute atomic E-state index is 3.36. The van der Waals surface area contributed by atoms with Gasteiger partial charge >= 0.3 is 28.4 Å². The van der Waals surface area contributed by atoms with Crippen LogP contribution in [0.25, 0.3) is 0 Å². The van der Waals surface area contributed by atoms with Gasteiger partial charge in [0.25, 0.3) is 0 Å². The maximum atomic E-state index is 3.36. The minimum absolute atomic E-state index is 0. The Bertz CT molecular complexity index is 438. The molecule has 0 heterocycles. The van der Waals surface area contributed by atoms with Crippen LogP contribution in [0.1, 0.15) is 55.4 Å². The van der Waals surface area contributed by atoms with E-state index in [1.54, 1.807) is 0 Å². The van der Waals surface area contributed by atoms with Gasteiger partial charge in [-0.2, -0.15) is 22.3 Å². The van der Waals surface area contributed by atoms with Crippen molar-refractivity contribution in [2.24, 2.45) is 11.8 Å². The Labute approximate surface area is 165 Å². The summed E-state index contributed by atoms with van der Waals surface area (Å²) < 4.78 is 3.34. The second kappa shape index (κ2) is 12.7. The normalized spacial score (nSPS) is 22.5. The summed E-state index contributed by atoms with van der Waals surface area (Å²) in [7, 11) is 0. The molecule has 2 aliphatic carbocycles. The van der Waals surface area contributed by atoms with E-state index in [2.05, 4.69) is 71.8 Å². The number of allylic oxidation sites excluding steroid dienone is 8. The Balaban J connectivity index is -0.000000273. The molecule has 0 fully saturated rings. The van der Waals surface area contributed by atoms with Crippen molar-refractivity contribution in [2.45, 2.75) is 55.4 Å². The first-order chi connectivity index (χ1) is 9.25. The third-order valence-corrected chi connectivity index (χ3v) is 4.47. The number of hydrogen-bond acceptors (Lipinski definition) is 0. The SMILES string of the molecule is CC1=[C-]C(C)C(C)=C1C.CC1=[C-]C(C)C(C)=C1C.Cl.Cl.[CH2]=[Zr+2]. The molecular weight excluding hydrogens is 390 g/mol. The zero-order valence-electron chi connectivity index (χ0n) is 15.2. The molecule has 0 spiro atoms. The zero-order chi connectivity index (χ0) is 16.0. The van der Waals surface area contributed by atoms with Gasteiger partial charge in [-0.3, -0.25) is 12.2 Å². The van der Waals surface area contributed by atoms with Gasteiger partial charge in [0.1, 0.15) is 0 Å². The van der Waals surface area contributed by atoms with Crippen LogP contribution in [-0.2, 0) is 24.2 Å². The van der Waals surface area contributed by atoms with E-state index in [1.807, 2.05) is 0 Å². The predicted octanol–water partition coefficient (Wildman–Crippen LogP) is 6.25. The standard InChI is InChI=1S/2C9H13.CH2.2ClH.Zr/c2*1-6-5-7(2)9(4)8(6)3;;;;/h2*6H,1-4H3;1H2;2*1H;/q2*-1;;;;+2. The van der Waals surface area contributed by atoms with Gasteiger partial charge in [-0.25, -0.2) is 11.1 Å². The van der Waals surface area contributed by atoms with Crippen molar-refractivity contribution in [1.29, 1.82) is 0 Å². The monoisotopic (exact) mass is 418 g/mol. The van der Waals surface area contributed by atoms with Crippen molar-refractivity contribution in [3.05, 3.63) is 45.6 Å². The summed E-state index contributed by atoms with van der Waals surface area (Å²) in [6.45, 7) is 17.3. The van der Waals surface area contributed by atoms with E-state index in [0.29, 0.717) is 11.8 Å². The molecule has 2 rings (SSSR count). The molecular formula is C19H30Cl2Zr. The molecule has 0 aliphatic heterocycles. The molecule has 22 heavy (non-hydrogen) atoms. The quantitative estimate of drug-likeness (QED) is 0.406. The Morgan fingerprint density at radius 3 is 0.955 bits per heavy atom. The molecule has 2 unspecified atom stereocenters. The molecule has 0 N–H and O–H groups in total. The van der Waals surface area contributed by atoms with Gasteiger partial charge in [0.2, 0.25) is 0 Å². The third-order valence-electron chi connectivity index (χ3n) is 4.47. The molecule has 0 amide bonds. The molecule has 0 saturated carbocycles. The molecule has 0 nitrogen and oxygen atoms in total. The molecule has 2 atom stereocenters. The van der Waals surface area contributed by atoms with Gasteiger partial charge in [-0.05, 0) is 0 Å². The fourth-order valence-electron chi connectivity index (χ4n) is 2.32. The van der Waals surface area contributed by atoms with Crippen molar-refractivity contribution in [2.75, 3.05) is 0 Å². The van der Waals surface area contributed by atoms with Crippen LogP contribution in [0.5, 0.6) is 0 Å². The molecule has 124 valence electrons. The fourth-order valence-corrected chi connectivity index (χ4v) is 2.32. The van der Waals surface area contributed by atoms with Crippen LogP contribution in [0.2, 0.25) is 0 Å². The number of hydrogen-bond donors (Lipinski definition) is 0. The van der Waals surface area contributed by atoms with E-state index in [0.717, 1.165) is 0 Å². The molecule has 3 heteroatoms. The fraction of sp³-hybridized carbons (Fsp3) is 0.526. The summed E-state index contributed by atoms with van der Waals surface area (Å²) in [6, 6.07) is 0. The van der Waals surface area contributed by atoms with Gasteiger partial charge in [-0.15, -0.1) is 38.7 Å². The molecule has 2 aliphatic rings. The van der Waals surface area contributed by atoms with Crippen LogP contribution in [0.3, 0.4) is 0 Å². The van der Waals surface area contributed by atoms with Crippen LogP contribution in [0.15, 0.2) is 33.4 Å². The Hall–Kier alpha value is 0.293. The van der Waals surface area contributed by atoms with E-state index in [-0.39, 0.29) is 24.8 Å². The molecule has 0 saturated heterocycles. The van der Waals surface area contributed by atoms with E-state index >= 15 is 0 Å². The average Bonchev–Trinajstić information content (AvgIpc) is 2.78. The van der Waals surface area contributed by atoms with Gasteiger partial charge in [-0.1, -0.05) is 53.4 Å². The number of rotatable bonds is 0. The van der Waals surface area contributed by atoms with Crippen LogP contribution >= 0.6 is 24.8 Å². The molecule has 0 aromatic heterocycles. The average molecular weight is 421 g/mol. The van der Waals surface area contributed by atoms with Gasteiger partial charge in [0.15, 0.2) is 0 Å². The molecule has 0 aromatic carbocycles. The Kier molecular flexibility index (Phi) is 15.7. The molecule has 0 radical (unpaired) electrons. The van der Waals surface area contributed by atoms with Crippen molar-refractivity contribution in [3.63, 3.8) is 0 Å². The summed E-state index contributed by atoms with van der Waals surface area (Å²) in [4.78, 5) is 0. The minimum atomic E-state index is 0. The number of halogens is 2. The van der Waals surface area contributed by atoms with Crippen LogP contribution in [0.4, 0.5) is 0 Å². The summed E-state index contributed by atoms with van der Waals surface area (Å²) >= 11 is 1.30. The van der Waals surface area contributed by atoms with Gasteiger partial charge < -0.3 is 0 Å². The van der Waals surface area contributed by atoms with Crippen LogP contribution in [-0.4, -0.2) is 4.21 Å². The Morgan fingerprint density at radius 2 is 0.909 bits per heavy atom. The zero-order valence-corrected chi connectivity index (χ0v) is 19.3. The Morgan fingerprint density at radius 1 is 0.682 bits per heavy atom. The van der Waals surface area contributed by atoms with E-state index in [1.165, 1.54) is 57.7 Å². The third kappa shape index (κ3) is 7.24. The summed E-state index contributed by atoms with van der Waals surface area (Å²) in [5, 5.41) is 0. The van der Waals surface area contributed by atoms with Crippen LogP contribution < -0.4 is 0 Å². The van der Waals surface area contributed by atoms with Crippen molar-refractivity contribution < 1.29 is 24.2 Å². The predicted molar refractivity (Wildman–Crippen MR) is 102 cm³/mol. The van der Waals surface area contributed by atoms with E-state index in [4.69, 9.17) is 0 Å². The summed E-state index contributed by atoms with van der Waals surface area (Å²) in [5.74, 6) is 1.12. The van der Waals surface area contributed by atoms with Crippen LogP contribution in [0, 0.1) is 24.0 Å². The second-order valence-electron chi connectivity index (χ2n) is 5.60. The molecule has 0 bridgehead atoms. The van der Waals surface area contributed by atoms with Gasteiger partial charge in [0.05, 0.1) is 0 Å². The van der Waals surface area contributed by atoms with Crippen molar-refractivity contribution in [3.8, 4) is 0 Å². The first-order valence-electron chi connectivity index (χ1n) is 7.16. The first-order valence-corrected chi connectivity index (χ1v) is 8.90. The van der Waals surface area contributed by atoms with Gasteiger partial charge in [0, 0.05) is 0 Å². The second-order valence-corrected chi connectivity index (χ2v) is 5.60. The molecule has 0 aromatic rings.